The molecule has 2 rings (SSSR count). The van der Waals surface area contributed by atoms with Crippen LogP contribution in [0, 0.1) is 0 Å². The van der Waals surface area contributed by atoms with E-state index in [1.807, 2.05) is 4.90 Å². The molecule has 1 aliphatic heterocycles. The molecular weight excluding hydrogens is 329 g/mol. The maximum Gasteiger partial charge on any atom is 0.179 e. The molecule has 1 fully saturated rings. The standard InChI is InChI=1S/C15H21Cl2NO4/c1-21-12-6-11(16)10(13(17)14(12)22-2)7-18-5-3-4-15(20,8-18)9-19/h6,19-20H,3-5,7-9H2,1-2H3. The quantitative estimate of drug-likeness (QED) is 0.854. The van der Waals surface area contributed by atoms with Crippen LogP contribution in [-0.4, -0.2) is 54.6 Å². The maximum atomic E-state index is 10.2. The molecular formula is C15H21Cl2NO4. The van der Waals surface area contributed by atoms with Crippen LogP contribution >= 0.6 is 23.2 Å². The van der Waals surface area contributed by atoms with Crippen LogP contribution in [0.2, 0.25) is 10.0 Å². The highest BCUT2D eigenvalue weighted by atomic mass is 35.5. The Balaban J connectivity index is 2.26. The Kier molecular flexibility index (Phi) is 5.80. The zero-order valence-electron chi connectivity index (χ0n) is 12.7. The molecule has 0 saturated carbocycles. The van der Waals surface area contributed by atoms with Crippen LogP contribution in [0.15, 0.2) is 6.07 Å². The first kappa shape index (κ1) is 17.6. The van der Waals surface area contributed by atoms with Gasteiger partial charge in [0.05, 0.1) is 30.9 Å². The summed E-state index contributed by atoms with van der Waals surface area (Å²) in [7, 11) is 3.04. The zero-order chi connectivity index (χ0) is 16.3. The van der Waals surface area contributed by atoms with E-state index in [1.54, 1.807) is 6.07 Å². The topological polar surface area (TPSA) is 62.2 Å². The number of methoxy groups -OCH3 is 2. The number of halogens is 2. The Morgan fingerprint density at radius 2 is 2.05 bits per heavy atom. The molecule has 124 valence electrons. The van der Waals surface area contributed by atoms with Crippen molar-refractivity contribution in [3.05, 3.63) is 21.7 Å². The molecule has 2 N–H and O–H groups in total. The van der Waals surface area contributed by atoms with Crippen molar-refractivity contribution in [2.45, 2.75) is 25.0 Å². The molecule has 5 nitrogen and oxygen atoms in total. The first-order valence-electron chi connectivity index (χ1n) is 7.08. The molecule has 0 spiro atoms. The van der Waals surface area contributed by atoms with Gasteiger partial charge < -0.3 is 19.7 Å². The van der Waals surface area contributed by atoms with E-state index in [-0.39, 0.29) is 6.61 Å². The molecule has 0 bridgehead atoms. The number of likely N-dealkylation sites (tertiary alicyclic amines) is 1. The summed E-state index contributed by atoms with van der Waals surface area (Å²) in [4.78, 5) is 2.03. The number of β-amino-alcohol motifs (C(OH)–C–C–N with tert-alkyl or cyclic N) is 1. The van der Waals surface area contributed by atoms with Gasteiger partial charge in [-0.05, 0) is 19.4 Å². The number of hydrogen-bond donors (Lipinski definition) is 2. The van der Waals surface area contributed by atoms with Gasteiger partial charge in [-0.25, -0.2) is 0 Å². The predicted molar refractivity (Wildman–Crippen MR) is 86.1 cm³/mol. The predicted octanol–water partition coefficient (Wildman–Crippen LogP) is 2.33. The Morgan fingerprint density at radius 3 is 2.64 bits per heavy atom. The van der Waals surface area contributed by atoms with E-state index in [1.165, 1.54) is 14.2 Å². The van der Waals surface area contributed by atoms with Crippen molar-refractivity contribution in [1.82, 2.24) is 4.90 Å². The van der Waals surface area contributed by atoms with Crippen LogP contribution in [-0.2, 0) is 6.54 Å². The second-order valence-electron chi connectivity index (χ2n) is 5.58. The fourth-order valence-electron chi connectivity index (χ4n) is 2.80. The highest BCUT2D eigenvalue weighted by Crippen LogP contribution is 2.42. The van der Waals surface area contributed by atoms with E-state index >= 15 is 0 Å². The second kappa shape index (κ2) is 7.23. The SMILES string of the molecule is COc1cc(Cl)c(CN2CCCC(O)(CO)C2)c(Cl)c1OC. The molecule has 0 aromatic heterocycles. The summed E-state index contributed by atoms with van der Waals surface area (Å²) in [6, 6.07) is 1.67. The molecule has 1 aromatic carbocycles. The average Bonchev–Trinajstić information content (AvgIpc) is 2.51. The van der Waals surface area contributed by atoms with Gasteiger partial charge >= 0.3 is 0 Å². The molecule has 1 unspecified atom stereocenters. The number of ether oxygens (including phenoxy) is 2. The molecule has 1 aromatic rings. The van der Waals surface area contributed by atoms with E-state index < -0.39 is 5.60 Å². The van der Waals surface area contributed by atoms with Crippen LogP contribution in [0.1, 0.15) is 18.4 Å². The van der Waals surface area contributed by atoms with Gasteiger partial charge in [-0.2, -0.15) is 0 Å². The van der Waals surface area contributed by atoms with Gasteiger partial charge in [0.1, 0.15) is 5.60 Å². The fraction of sp³-hybridized carbons (Fsp3) is 0.600. The monoisotopic (exact) mass is 349 g/mol. The summed E-state index contributed by atoms with van der Waals surface area (Å²) in [6.45, 7) is 1.41. The third kappa shape index (κ3) is 3.60. The van der Waals surface area contributed by atoms with Crippen molar-refractivity contribution in [1.29, 1.82) is 0 Å². The van der Waals surface area contributed by atoms with Crippen molar-refractivity contribution in [3.8, 4) is 11.5 Å². The molecule has 1 aliphatic rings. The number of aliphatic hydroxyl groups excluding tert-OH is 1. The van der Waals surface area contributed by atoms with E-state index in [2.05, 4.69) is 0 Å². The third-order valence-electron chi connectivity index (χ3n) is 3.97. The van der Waals surface area contributed by atoms with Crippen molar-refractivity contribution in [2.75, 3.05) is 33.9 Å². The highest BCUT2D eigenvalue weighted by Gasteiger charge is 2.33. The lowest BCUT2D eigenvalue weighted by molar-refractivity contribution is -0.0687. The van der Waals surface area contributed by atoms with Gasteiger partial charge in [0.2, 0.25) is 0 Å². The Labute approximate surface area is 140 Å². The van der Waals surface area contributed by atoms with E-state index in [0.717, 1.165) is 18.5 Å². The summed E-state index contributed by atoms with van der Waals surface area (Å²) in [5, 5.41) is 20.5. The minimum Gasteiger partial charge on any atom is -0.493 e. The van der Waals surface area contributed by atoms with Crippen molar-refractivity contribution in [3.63, 3.8) is 0 Å². The first-order valence-corrected chi connectivity index (χ1v) is 7.84. The van der Waals surface area contributed by atoms with Gasteiger partial charge in [-0.1, -0.05) is 23.2 Å². The fourth-order valence-corrected chi connectivity index (χ4v) is 3.43. The number of rotatable bonds is 5. The minimum absolute atomic E-state index is 0.253. The first-order chi connectivity index (χ1) is 10.4. The lowest BCUT2D eigenvalue weighted by atomic mass is 9.93. The van der Waals surface area contributed by atoms with Crippen molar-refractivity contribution >= 4 is 23.2 Å². The lowest BCUT2D eigenvalue weighted by Gasteiger charge is -2.38. The Bertz CT molecular complexity index is 541. The number of piperidine rings is 1. The number of hydrogen-bond acceptors (Lipinski definition) is 5. The summed E-state index contributed by atoms with van der Waals surface area (Å²) in [5.41, 5.74) is -0.337. The van der Waals surface area contributed by atoms with Crippen molar-refractivity contribution in [2.24, 2.45) is 0 Å². The molecule has 1 saturated heterocycles. The number of nitrogens with zero attached hydrogens (tertiary/aromatic N) is 1. The smallest absolute Gasteiger partial charge is 0.179 e. The molecule has 1 heterocycles. The molecule has 7 heteroatoms. The van der Waals surface area contributed by atoms with Gasteiger partial charge in [-0.3, -0.25) is 4.90 Å². The van der Waals surface area contributed by atoms with Gasteiger partial charge in [0, 0.05) is 24.7 Å². The highest BCUT2D eigenvalue weighted by molar-refractivity contribution is 6.37. The summed E-state index contributed by atoms with van der Waals surface area (Å²) < 4.78 is 10.5. The summed E-state index contributed by atoms with van der Waals surface area (Å²) in [5.74, 6) is 0.921. The van der Waals surface area contributed by atoms with E-state index in [4.69, 9.17) is 32.7 Å². The third-order valence-corrected chi connectivity index (χ3v) is 4.71. The van der Waals surface area contributed by atoms with E-state index in [9.17, 15) is 10.2 Å². The van der Waals surface area contributed by atoms with Gasteiger partial charge in [-0.15, -0.1) is 0 Å². The molecule has 0 radical (unpaired) electrons. The van der Waals surface area contributed by atoms with Crippen LogP contribution in [0.3, 0.4) is 0 Å². The van der Waals surface area contributed by atoms with Crippen molar-refractivity contribution < 1.29 is 19.7 Å². The number of aliphatic hydroxyl groups is 2. The van der Waals surface area contributed by atoms with Crippen LogP contribution in [0.5, 0.6) is 11.5 Å². The van der Waals surface area contributed by atoms with Crippen LogP contribution in [0.4, 0.5) is 0 Å². The zero-order valence-corrected chi connectivity index (χ0v) is 14.2. The van der Waals surface area contributed by atoms with Gasteiger partial charge in [0.25, 0.3) is 0 Å². The minimum atomic E-state index is -1.06. The normalized spacial score (nSPS) is 22.6. The molecule has 1 atom stereocenters. The Morgan fingerprint density at radius 1 is 1.32 bits per heavy atom. The molecule has 22 heavy (non-hydrogen) atoms. The van der Waals surface area contributed by atoms with Gasteiger partial charge in [0.15, 0.2) is 11.5 Å². The Hall–Kier alpha value is -0.720. The average molecular weight is 350 g/mol. The molecule has 0 aliphatic carbocycles. The lowest BCUT2D eigenvalue weighted by Crippen LogP contribution is -2.50. The largest absolute Gasteiger partial charge is 0.493 e. The second-order valence-corrected chi connectivity index (χ2v) is 6.37. The van der Waals surface area contributed by atoms with Crippen LogP contribution in [0.25, 0.3) is 0 Å². The maximum absolute atomic E-state index is 10.2. The van der Waals surface area contributed by atoms with E-state index in [0.29, 0.717) is 41.1 Å². The molecule has 0 amide bonds. The summed E-state index contributed by atoms with van der Waals surface area (Å²) >= 11 is 12.7. The number of benzene rings is 1. The van der Waals surface area contributed by atoms with Crippen LogP contribution < -0.4 is 9.47 Å². The summed E-state index contributed by atoms with van der Waals surface area (Å²) in [6.07, 6.45) is 1.40.